The number of amides is 1. The van der Waals surface area contributed by atoms with Gasteiger partial charge in [-0.1, -0.05) is 60.7 Å². The van der Waals surface area contributed by atoms with Crippen molar-refractivity contribution in [1.29, 1.82) is 0 Å². The third kappa shape index (κ3) is 8.37. The number of halogens is 3. The average molecular weight is 728 g/mol. The van der Waals surface area contributed by atoms with Crippen LogP contribution < -0.4 is 15.5 Å². The lowest BCUT2D eigenvalue weighted by Gasteiger charge is -2.23. The molecule has 6 rings (SSSR count). The maximum Gasteiger partial charge on any atom is 0.490 e. The first-order valence-corrected chi connectivity index (χ1v) is 16.8. The van der Waals surface area contributed by atoms with Crippen LogP contribution >= 0.6 is 0 Å². The van der Waals surface area contributed by atoms with Crippen molar-refractivity contribution in [3.8, 4) is 0 Å². The molecule has 2 saturated heterocycles. The number of aliphatic hydroxyl groups excluding tert-OH is 2. The van der Waals surface area contributed by atoms with Crippen molar-refractivity contribution in [3.05, 3.63) is 78.1 Å². The third-order valence-electron chi connectivity index (χ3n) is 8.70. The number of benzene rings is 2. The predicted octanol–water partition coefficient (Wildman–Crippen LogP) is 3.90. The fraction of sp³-hybridized carbons (Fsp3) is 0.457. The smallest absolute Gasteiger partial charge is 0.456 e. The van der Waals surface area contributed by atoms with Crippen LogP contribution in [0.3, 0.4) is 0 Å². The van der Waals surface area contributed by atoms with Gasteiger partial charge in [-0.25, -0.2) is 14.6 Å². The van der Waals surface area contributed by atoms with E-state index < -0.39 is 55.0 Å². The van der Waals surface area contributed by atoms with E-state index in [1.807, 2.05) is 65.6 Å². The van der Waals surface area contributed by atoms with E-state index in [4.69, 9.17) is 19.4 Å². The highest BCUT2D eigenvalue weighted by atomic mass is 19.4. The number of alkyl carbamates (subject to hydrolysis) is 1. The van der Waals surface area contributed by atoms with Crippen molar-refractivity contribution >= 4 is 35.0 Å². The van der Waals surface area contributed by atoms with Gasteiger partial charge in [-0.2, -0.15) is 23.1 Å². The molecule has 2 aliphatic heterocycles. The van der Waals surface area contributed by atoms with Crippen LogP contribution in [0.5, 0.6) is 0 Å². The molecule has 14 nitrogen and oxygen atoms in total. The first-order chi connectivity index (χ1) is 24.7. The van der Waals surface area contributed by atoms with Crippen LogP contribution in [0.25, 0.3) is 11.2 Å². The zero-order chi connectivity index (χ0) is 37.2. The zero-order valence-corrected chi connectivity index (χ0v) is 28.7. The van der Waals surface area contributed by atoms with Crippen molar-refractivity contribution in [2.75, 3.05) is 36.5 Å². The number of aliphatic hydroxyl groups is 2. The molecule has 0 aliphatic carbocycles. The summed E-state index contributed by atoms with van der Waals surface area (Å²) in [6.07, 6.45) is -10.1. The van der Waals surface area contributed by atoms with Crippen LogP contribution in [0, 0.1) is 0 Å². The second-order valence-electron chi connectivity index (χ2n) is 13.7. The molecule has 5 atom stereocenters. The van der Waals surface area contributed by atoms with Crippen molar-refractivity contribution < 1.29 is 47.2 Å². The number of esters is 1. The van der Waals surface area contributed by atoms with Crippen LogP contribution in [0.1, 0.15) is 50.5 Å². The van der Waals surface area contributed by atoms with E-state index in [0.717, 1.165) is 11.1 Å². The van der Waals surface area contributed by atoms with Crippen LogP contribution in [-0.4, -0.2) is 104 Å². The summed E-state index contributed by atoms with van der Waals surface area (Å²) < 4.78 is 55.0. The minimum absolute atomic E-state index is 0.0950. The molecule has 0 spiro atoms. The third-order valence-corrected chi connectivity index (χ3v) is 8.70. The maximum absolute atomic E-state index is 12.7. The van der Waals surface area contributed by atoms with Gasteiger partial charge in [0, 0.05) is 25.6 Å². The van der Waals surface area contributed by atoms with Gasteiger partial charge < -0.3 is 40.0 Å². The summed E-state index contributed by atoms with van der Waals surface area (Å²) in [7, 11) is 0. The van der Waals surface area contributed by atoms with Crippen molar-refractivity contribution in [3.63, 3.8) is 0 Å². The summed E-state index contributed by atoms with van der Waals surface area (Å²) in [6, 6.07) is 19.6. The summed E-state index contributed by atoms with van der Waals surface area (Å²) in [5, 5.41) is 27.9. The van der Waals surface area contributed by atoms with Gasteiger partial charge in [-0.3, -0.25) is 4.57 Å². The fourth-order valence-electron chi connectivity index (χ4n) is 6.22. The lowest BCUT2D eigenvalue weighted by molar-refractivity contribution is -0.203. The Bertz CT molecular complexity index is 1820. The summed E-state index contributed by atoms with van der Waals surface area (Å²) in [6.45, 7) is 5.59. The van der Waals surface area contributed by atoms with Gasteiger partial charge in [-0.05, 0) is 38.3 Å². The number of hydrogen-bond acceptors (Lipinski definition) is 12. The molecule has 4 N–H and O–H groups in total. The van der Waals surface area contributed by atoms with Gasteiger partial charge >= 0.3 is 18.2 Å². The van der Waals surface area contributed by atoms with E-state index in [1.54, 1.807) is 20.8 Å². The SMILES string of the molecule is CC(C)(C)OC(=O)NC1CCN(c2nc(NCC(c3ccccc3)c3ccccc3)c3ncn([C@H]4O[C@H](COC(=O)C(F)(F)F)[C@@H](O)C4O)c3n2)C1. The number of carbonyl (C=O) groups is 2. The molecule has 4 aromatic rings. The predicted molar refractivity (Wildman–Crippen MR) is 181 cm³/mol. The summed E-state index contributed by atoms with van der Waals surface area (Å²) in [4.78, 5) is 39.8. The van der Waals surface area contributed by atoms with Gasteiger partial charge in [0.2, 0.25) is 5.95 Å². The average Bonchev–Trinajstić information content (AvgIpc) is 3.81. The van der Waals surface area contributed by atoms with Crippen LogP contribution in [0.15, 0.2) is 67.0 Å². The highest BCUT2D eigenvalue weighted by Crippen LogP contribution is 2.35. The van der Waals surface area contributed by atoms with E-state index in [-0.39, 0.29) is 23.6 Å². The van der Waals surface area contributed by atoms with Gasteiger partial charge in [-0.15, -0.1) is 0 Å². The zero-order valence-electron chi connectivity index (χ0n) is 28.7. The Kier molecular flexibility index (Phi) is 10.6. The number of carbonyl (C=O) groups excluding carboxylic acids is 2. The standard InChI is InChI=1S/C35H40F3N7O7/c1-34(2,3)52-33(49)41-22-14-15-44(17-22)32-42-28(39-16-23(20-10-6-4-7-11-20)21-12-8-5-9-13-21)25-29(43-32)45(19-40-25)30-27(47)26(46)24(51-30)18-50-31(48)35(36,37)38/h4-13,19,22-24,26-27,30,46-47H,14-18H2,1-3H3,(H,41,49)(H,39,42,43)/t22?,24-,26-,27?,30+/m1/s1. The molecule has 0 bridgehead atoms. The van der Waals surface area contributed by atoms with Gasteiger partial charge in [0.05, 0.1) is 12.4 Å². The Morgan fingerprint density at radius 3 is 2.27 bits per heavy atom. The monoisotopic (exact) mass is 727 g/mol. The van der Waals surface area contributed by atoms with Gasteiger partial charge in [0.1, 0.15) is 30.5 Å². The van der Waals surface area contributed by atoms with Crippen molar-refractivity contribution in [2.45, 2.75) is 75.5 Å². The number of nitrogens with zero attached hydrogens (tertiary/aromatic N) is 5. The number of alkyl halides is 3. The maximum atomic E-state index is 12.7. The number of anilines is 2. The molecule has 2 unspecified atom stereocenters. The van der Waals surface area contributed by atoms with Gasteiger partial charge in [0.15, 0.2) is 23.2 Å². The summed E-state index contributed by atoms with van der Waals surface area (Å²) in [5.41, 5.74) is 1.93. The molecular weight excluding hydrogens is 687 g/mol. The molecule has 278 valence electrons. The Labute approximate surface area is 296 Å². The molecule has 2 aromatic carbocycles. The Morgan fingerprint density at radius 2 is 1.65 bits per heavy atom. The summed E-state index contributed by atoms with van der Waals surface area (Å²) >= 11 is 0. The van der Waals surface area contributed by atoms with Gasteiger partial charge in [0.25, 0.3) is 0 Å². The lowest BCUT2D eigenvalue weighted by atomic mass is 9.91. The topological polar surface area (TPSA) is 173 Å². The quantitative estimate of drug-likeness (QED) is 0.174. The minimum Gasteiger partial charge on any atom is -0.456 e. The highest BCUT2D eigenvalue weighted by molar-refractivity contribution is 5.84. The molecule has 2 aromatic heterocycles. The minimum atomic E-state index is -5.24. The molecule has 17 heteroatoms. The number of imidazole rings is 1. The number of rotatable bonds is 10. The molecular formula is C35H40F3N7O7. The lowest BCUT2D eigenvalue weighted by Crippen LogP contribution is -2.40. The van der Waals surface area contributed by atoms with Crippen molar-refractivity contribution in [2.24, 2.45) is 0 Å². The Hall–Kier alpha value is -5.00. The number of nitrogens with one attached hydrogen (secondary N) is 2. The fourth-order valence-corrected chi connectivity index (χ4v) is 6.22. The highest BCUT2D eigenvalue weighted by Gasteiger charge is 2.47. The van der Waals surface area contributed by atoms with Crippen LogP contribution in [0.4, 0.5) is 29.7 Å². The molecule has 1 amide bonds. The number of ether oxygens (including phenoxy) is 3. The van der Waals surface area contributed by atoms with E-state index in [2.05, 4.69) is 20.4 Å². The normalized spacial score (nSPS) is 22.2. The molecule has 0 saturated carbocycles. The second-order valence-corrected chi connectivity index (χ2v) is 13.7. The van der Waals surface area contributed by atoms with E-state index in [9.17, 15) is 33.0 Å². The molecule has 4 heterocycles. The second kappa shape index (κ2) is 14.9. The molecule has 52 heavy (non-hydrogen) atoms. The Balaban J connectivity index is 1.31. The molecule has 2 aliphatic rings. The number of fused-ring (bicyclic) bond motifs is 1. The molecule has 0 radical (unpaired) electrons. The summed E-state index contributed by atoms with van der Waals surface area (Å²) in [5.74, 6) is -1.92. The largest absolute Gasteiger partial charge is 0.490 e. The van der Waals surface area contributed by atoms with E-state index >= 15 is 0 Å². The van der Waals surface area contributed by atoms with Crippen LogP contribution in [0.2, 0.25) is 0 Å². The van der Waals surface area contributed by atoms with Crippen LogP contribution in [-0.2, 0) is 19.0 Å². The Morgan fingerprint density at radius 1 is 1.00 bits per heavy atom. The first-order valence-electron chi connectivity index (χ1n) is 16.8. The molecule has 2 fully saturated rings. The van der Waals surface area contributed by atoms with E-state index in [1.165, 1.54) is 10.9 Å². The first kappa shape index (κ1) is 36.8. The van der Waals surface area contributed by atoms with Crippen molar-refractivity contribution in [1.82, 2.24) is 24.8 Å². The number of hydrogen-bond donors (Lipinski definition) is 4. The van der Waals surface area contributed by atoms with E-state index in [0.29, 0.717) is 37.4 Å². The number of aromatic nitrogens is 4.